The van der Waals surface area contributed by atoms with Crippen LogP contribution in [0.3, 0.4) is 0 Å². The number of hydrogen-bond donors (Lipinski definition) is 2. The number of aromatic amines is 1. The molecular formula is C21H18N4O2S. The van der Waals surface area contributed by atoms with Crippen LogP contribution >= 0.6 is 11.8 Å². The molecule has 0 aliphatic carbocycles. The Morgan fingerprint density at radius 1 is 1.21 bits per heavy atom. The van der Waals surface area contributed by atoms with Crippen molar-refractivity contribution in [3.63, 3.8) is 0 Å². The molecule has 7 heteroatoms. The fourth-order valence-electron chi connectivity index (χ4n) is 3.18. The van der Waals surface area contributed by atoms with Crippen LogP contribution in [0.4, 0.5) is 0 Å². The van der Waals surface area contributed by atoms with E-state index in [0.717, 1.165) is 45.4 Å². The highest BCUT2D eigenvalue weighted by Crippen LogP contribution is 2.30. The zero-order chi connectivity index (χ0) is 19.7. The summed E-state index contributed by atoms with van der Waals surface area (Å²) >= 11 is 1.11. The predicted molar refractivity (Wildman–Crippen MR) is 111 cm³/mol. The number of fused-ring (bicyclic) bond motifs is 1. The quantitative estimate of drug-likeness (QED) is 0.385. The SMILES string of the molecule is Cc1cc(/C=C(\Sc2nc3ccccc3[nH]2)C(=O)O)c(C)n1-c1cccnc1. The van der Waals surface area contributed by atoms with Gasteiger partial charge in [0.1, 0.15) is 4.91 Å². The van der Waals surface area contributed by atoms with Crippen molar-refractivity contribution in [3.8, 4) is 5.69 Å². The van der Waals surface area contributed by atoms with Gasteiger partial charge in [-0.2, -0.15) is 0 Å². The summed E-state index contributed by atoms with van der Waals surface area (Å²) in [6.45, 7) is 3.96. The molecule has 0 bridgehead atoms. The van der Waals surface area contributed by atoms with Crippen molar-refractivity contribution in [1.29, 1.82) is 0 Å². The van der Waals surface area contributed by atoms with Gasteiger partial charge >= 0.3 is 5.97 Å². The average molecular weight is 390 g/mol. The molecule has 3 aromatic heterocycles. The number of nitrogens with zero attached hydrogens (tertiary/aromatic N) is 3. The lowest BCUT2D eigenvalue weighted by molar-refractivity contribution is -0.131. The number of aliphatic carboxylic acids is 1. The molecule has 0 saturated heterocycles. The first-order chi connectivity index (χ1) is 13.5. The van der Waals surface area contributed by atoms with Gasteiger partial charge in [-0.1, -0.05) is 12.1 Å². The first-order valence-electron chi connectivity index (χ1n) is 8.70. The molecular weight excluding hydrogens is 372 g/mol. The summed E-state index contributed by atoms with van der Waals surface area (Å²) in [4.78, 5) is 23.8. The van der Waals surface area contributed by atoms with Gasteiger partial charge < -0.3 is 14.7 Å². The predicted octanol–water partition coefficient (Wildman–Crippen LogP) is 4.58. The minimum Gasteiger partial charge on any atom is -0.477 e. The summed E-state index contributed by atoms with van der Waals surface area (Å²) in [5, 5.41) is 10.3. The van der Waals surface area contributed by atoms with E-state index in [1.165, 1.54) is 0 Å². The van der Waals surface area contributed by atoms with Crippen molar-refractivity contribution >= 4 is 34.8 Å². The number of pyridine rings is 1. The van der Waals surface area contributed by atoms with Crippen molar-refractivity contribution in [2.24, 2.45) is 0 Å². The number of nitrogens with one attached hydrogen (secondary N) is 1. The van der Waals surface area contributed by atoms with E-state index in [1.807, 2.05) is 56.3 Å². The molecule has 0 aliphatic heterocycles. The molecule has 3 heterocycles. The highest BCUT2D eigenvalue weighted by Gasteiger charge is 2.16. The summed E-state index contributed by atoms with van der Waals surface area (Å²) in [6.07, 6.45) is 5.20. The van der Waals surface area contributed by atoms with E-state index >= 15 is 0 Å². The first-order valence-corrected chi connectivity index (χ1v) is 9.51. The standard InChI is InChI=1S/C21H18N4O2S/c1-13-10-15(14(2)25(13)16-6-5-9-22-12-16)11-19(20(26)27)28-21-23-17-7-3-4-8-18(17)24-21/h3-12H,1-2H3,(H,23,24)(H,26,27)/b19-11-. The van der Waals surface area contributed by atoms with E-state index in [-0.39, 0.29) is 4.91 Å². The van der Waals surface area contributed by atoms with Crippen molar-refractivity contribution in [3.05, 3.63) is 76.7 Å². The molecule has 0 spiro atoms. The lowest BCUT2D eigenvalue weighted by atomic mass is 10.2. The summed E-state index contributed by atoms with van der Waals surface area (Å²) in [5.41, 5.74) is 5.44. The monoisotopic (exact) mass is 390 g/mol. The zero-order valence-corrected chi connectivity index (χ0v) is 16.2. The van der Waals surface area contributed by atoms with Crippen LogP contribution in [0.25, 0.3) is 22.8 Å². The van der Waals surface area contributed by atoms with Crippen LogP contribution in [0.1, 0.15) is 17.0 Å². The Hall–Kier alpha value is -3.32. The number of aromatic nitrogens is 4. The van der Waals surface area contributed by atoms with Gasteiger partial charge in [-0.15, -0.1) is 0 Å². The van der Waals surface area contributed by atoms with E-state index in [9.17, 15) is 9.90 Å². The van der Waals surface area contributed by atoms with Crippen LogP contribution in [0.15, 0.2) is 64.9 Å². The number of carboxylic acid groups (broad SMARTS) is 1. The fraction of sp³-hybridized carbons (Fsp3) is 0.0952. The molecule has 28 heavy (non-hydrogen) atoms. The average Bonchev–Trinajstić information content (AvgIpc) is 3.21. The number of imidazole rings is 1. The van der Waals surface area contributed by atoms with Crippen LogP contribution < -0.4 is 0 Å². The van der Waals surface area contributed by atoms with Gasteiger partial charge in [0.2, 0.25) is 0 Å². The fourth-order valence-corrected chi connectivity index (χ4v) is 3.96. The first kappa shape index (κ1) is 18.1. The van der Waals surface area contributed by atoms with Gasteiger partial charge in [0.05, 0.1) is 22.9 Å². The molecule has 0 unspecified atom stereocenters. The molecule has 0 amide bonds. The Morgan fingerprint density at radius 3 is 2.75 bits per heavy atom. The Bertz CT molecular complexity index is 1160. The van der Waals surface area contributed by atoms with Crippen LogP contribution in [0.5, 0.6) is 0 Å². The van der Waals surface area contributed by atoms with Gasteiger partial charge in [0.15, 0.2) is 5.16 Å². The topological polar surface area (TPSA) is 83.8 Å². The largest absolute Gasteiger partial charge is 0.477 e. The zero-order valence-electron chi connectivity index (χ0n) is 15.4. The highest BCUT2D eigenvalue weighted by molar-refractivity contribution is 8.04. The Labute approximate surface area is 166 Å². The molecule has 0 radical (unpaired) electrons. The van der Waals surface area contributed by atoms with Crippen molar-refractivity contribution in [1.82, 2.24) is 19.5 Å². The molecule has 4 aromatic rings. The normalized spacial score (nSPS) is 11.9. The Kier molecular flexibility index (Phi) is 4.75. The molecule has 2 N–H and O–H groups in total. The van der Waals surface area contributed by atoms with Crippen molar-refractivity contribution < 1.29 is 9.90 Å². The second kappa shape index (κ2) is 7.36. The molecule has 6 nitrogen and oxygen atoms in total. The molecule has 0 fully saturated rings. The minimum absolute atomic E-state index is 0.200. The van der Waals surface area contributed by atoms with Crippen molar-refractivity contribution in [2.75, 3.05) is 0 Å². The summed E-state index contributed by atoms with van der Waals surface area (Å²) in [7, 11) is 0. The lowest BCUT2D eigenvalue weighted by Gasteiger charge is -2.08. The highest BCUT2D eigenvalue weighted by atomic mass is 32.2. The Balaban J connectivity index is 1.71. The van der Waals surface area contributed by atoms with Crippen LogP contribution in [0, 0.1) is 13.8 Å². The van der Waals surface area contributed by atoms with Gasteiger partial charge in [-0.25, -0.2) is 9.78 Å². The number of carbonyl (C=O) groups is 1. The number of rotatable bonds is 5. The number of benzene rings is 1. The van der Waals surface area contributed by atoms with Crippen LogP contribution in [0.2, 0.25) is 0 Å². The molecule has 4 rings (SSSR count). The maximum atomic E-state index is 11.8. The van der Waals surface area contributed by atoms with Gasteiger partial charge in [0, 0.05) is 17.6 Å². The van der Waals surface area contributed by atoms with E-state index in [1.54, 1.807) is 18.5 Å². The lowest BCUT2D eigenvalue weighted by Crippen LogP contribution is -2.00. The number of carboxylic acids is 1. The van der Waals surface area contributed by atoms with Crippen LogP contribution in [-0.2, 0) is 4.79 Å². The number of H-pyrrole nitrogens is 1. The van der Waals surface area contributed by atoms with E-state index in [4.69, 9.17) is 0 Å². The third kappa shape index (κ3) is 3.44. The van der Waals surface area contributed by atoms with E-state index < -0.39 is 5.97 Å². The number of hydrogen-bond acceptors (Lipinski definition) is 4. The maximum absolute atomic E-state index is 11.8. The maximum Gasteiger partial charge on any atom is 0.342 e. The van der Waals surface area contributed by atoms with Crippen LogP contribution in [-0.4, -0.2) is 30.6 Å². The van der Waals surface area contributed by atoms with E-state index in [2.05, 4.69) is 19.5 Å². The van der Waals surface area contributed by atoms with Gasteiger partial charge in [-0.05, 0) is 67.6 Å². The minimum atomic E-state index is -0.989. The molecule has 0 atom stereocenters. The van der Waals surface area contributed by atoms with E-state index in [0.29, 0.717) is 5.16 Å². The summed E-state index contributed by atoms with van der Waals surface area (Å²) < 4.78 is 2.06. The third-order valence-corrected chi connectivity index (χ3v) is 5.35. The van der Waals surface area contributed by atoms with Crippen molar-refractivity contribution in [2.45, 2.75) is 19.0 Å². The van der Waals surface area contributed by atoms with Gasteiger partial charge in [0.25, 0.3) is 0 Å². The number of para-hydroxylation sites is 2. The molecule has 0 aliphatic rings. The summed E-state index contributed by atoms with van der Waals surface area (Å²) in [6, 6.07) is 13.4. The third-order valence-electron chi connectivity index (χ3n) is 4.45. The molecule has 140 valence electrons. The number of thioether (sulfide) groups is 1. The number of aryl methyl sites for hydroxylation is 1. The smallest absolute Gasteiger partial charge is 0.342 e. The Morgan fingerprint density at radius 2 is 2.04 bits per heavy atom. The summed E-state index contributed by atoms with van der Waals surface area (Å²) in [5.74, 6) is -0.989. The second-order valence-corrected chi connectivity index (χ2v) is 7.38. The second-order valence-electron chi connectivity index (χ2n) is 6.35. The van der Waals surface area contributed by atoms with Gasteiger partial charge in [-0.3, -0.25) is 4.98 Å². The molecule has 1 aromatic carbocycles. The molecule has 0 saturated carbocycles.